The molecule has 1 fully saturated rings. The molecular weight excluding hydrogens is 396 g/mol. The summed E-state index contributed by atoms with van der Waals surface area (Å²) in [6.07, 6.45) is 9.52. The van der Waals surface area contributed by atoms with E-state index in [0.717, 1.165) is 49.4 Å². The molecule has 1 aliphatic heterocycles. The Labute approximate surface area is 183 Å². The Balaban J connectivity index is 1.37. The maximum absolute atomic E-state index is 12.6. The van der Waals surface area contributed by atoms with E-state index < -0.39 is 0 Å². The zero-order chi connectivity index (χ0) is 21.2. The number of piperidine rings is 1. The minimum atomic E-state index is 0.169. The minimum Gasteiger partial charge on any atom is -0.345 e. The van der Waals surface area contributed by atoms with Gasteiger partial charge in [-0.25, -0.2) is 0 Å². The van der Waals surface area contributed by atoms with Gasteiger partial charge in [0.1, 0.15) is 0 Å². The van der Waals surface area contributed by atoms with Gasteiger partial charge in [-0.15, -0.1) is 11.8 Å². The van der Waals surface area contributed by atoms with Gasteiger partial charge >= 0.3 is 0 Å². The standard InChI is InChI=1S/C23H30N4O2S/c1-26(16-11-20-6-2-3-12-25-20)22(28)8-7-19-5-4-15-27(17-19)23(29)18-30-21-9-13-24-14-10-21/h2-3,6,9-10,12-14,19H,4-5,7-8,11,15-18H2,1H3/t19-/m0/s1. The van der Waals surface area contributed by atoms with Gasteiger partial charge in [-0.2, -0.15) is 0 Å². The lowest BCUT2D eigenvalue weighted by Gasteiger charge is -2.33. The first-order valence-corrected chi connectivity index (χ1v) is 11.5. The smallest absolute Gasteiger partial charge is 0.232 e. The molecule has 1 saturated heterocycles. The van der Waals surface area contributed by atoms with Crippen molar-refractivity contribution >= 4 is 23.6 Å². The lowest BCUT2D eigenvalue weighted by atomic mass is 9.93. The number of likely N-dealkylation sites (N-methyl/N-ethyl adjacent to an activating group) is 1. The van der Waals surface area contributed by atoms with Gasteiger partial charge in [-0.3, -0.25) is 19.6 Å². The van der Waals surface area contributed by atoms with Crippen LogP contribution in [-0.2, 0) is 16.0 Å². The molecule has 1 aliphatic rings. The number of nitrogens with zero attached hydrogens (tertiary/aromatic N) is 4. The number of rotatable bonds is 9. The largest absolute Gasteiger partial charge is 0.345 e. The van der Waals surface area contributed by atoms with E-state index in [2.05, 4.69) is 9.97 Å². The van der Waals surface area contributed by atoms with Gasteiger partial charge in [0.25, 0.3) is 0 Å². The van der Waals surface area contributed by atoms with Crippen molar-refractivity contribution in [3.8, 4) is 0 Å². The molecule has 6 nitrogen and oxygen atoms in total. The molecule has 0 unspecified atom stereocenters. The van der Waals surface area contributed by atoms with Crippen molar-refractivity contribution < 1.29 is 9.59 Å². The summed E-state index contributed by atoms with van der Waals surface area (Å²) >= 11 is 1.55. The Morgan fingerprint density at radius 3 is 2.80 bits per heavy atom. The topological polar surface area (TPSA) is 66.4 Å². The van der Waals surface area contributed by atoms with Crippen molar-refractivity contribution in [1.82, 2.24) is 19.8 Å². The van der Waals surface area contributed by atoms with Gasteiger partial charge in [0.2, 0.25) is 11.8 Å². The van der Waals surface area contributed by atoms with Crippen LogP contribution in [0.25, 0.3) is 0 Å². The summed E-state index contributed by atoms with van der Waals surface area (Å²) in [4.78, 5) is 38.2. The minimum absolute atomic E-state index is 0.169. The average Bonchev–Trinajstić information content (AvgIpc) is 2.81. The monoisotopic (exact) mass is 426 g/mol. The van der Waals surface area contributed by atoms with E-state index in [9.17, 15) is 9.59 Å². The van der Waals surface area contributed by atoms with Crippen LogP contribution in [-0.4, -0.2) is 64.0 Å². The Kier molecular flexibility index (Phi) is 8.68. The second-order valence-electron chi connectivity index (χ2n) is 7.74. The van der Waals surface area contributed by atoms with E-state index in [4.69, 9.17) is 0 Å². The molecule has 0 bridgehead atoms. The van der Waals surface area contributed by atoms with Crippen molar-refractivity contribution in [3.63, 3.8) is 0 Å². The van der Waals surface area contributed by atoms with Crippen molar-refractivity contribution in [3.05, 3.63) is 54.6 Å². The average molecular weight is 427 g/mol. The summed E-state index contributed by atoms with van der Waals surface area (Å²) in [6.45, 7) is 2.27. The van der Waals surface area contributed by atoms with Crippen LogP contribution in [0.5, 0.6) is 0 Å². The van der Waals surface area contributed by atoms with Crippen LogP contribution in [0, 0.1) is 5.92 Å². The number of pyridine rings is 2. The molecule has 2 aromatic rings. The third-order valence-electron chi connectivity index (χ3n) is 5.51. The van der Waals surface area contributed by atoms with E-state index in [1.165, 1.54) is 0 Å². The normalized spacial score (nSPS) is 16.3. The van der Waals surface area contributed by atoms with Crippen LogP contribution in [0.2, 0.25) is 0 Å². The summed E-state index contributed by atoms with van der Waals surface area (Å²) in [5.41, 5.74) is 1.00. The molecule has 2 amide bonds. The maximum Gasteiger partial charge on any atom is 0.232 e. The summed E-state index contributed by atoms with van der Waals surface area (Å²) in [6, 6.07) is 9.70. The second kappa shape index (κ2) is 11.7. The van der Waals surface area contributed by atoms with Crippen LogP contribution >= 0.6 is 11.8 Å². The molecule has 30 heavy (non-hydrogen) atoms. The second-order valence-corrected chi connectivity index (χ2v) is 8.79. The predicted molar refractivity (Wildman–Crippen MR) is 119 cm³/mol. The van der Waals surface area contributed by atoms with Gasteiger partial charge in [-0.1, -0.05) is 6.07 Å². The highest BCUT2D eigenvalue weighted by atomic mass is 32.2. The molecule has 7 heteroatoms. The molecule has 0 saturated carbocycles. The van der Waals surface area contributed by atoms with Gasteiger partial charge in [-0.05, 0) is 49.4 Å². The molecular formula is C23H30N4O2S. The molecule has 0 N–H and O–H groups in total. The van der Waals surface area contributed by atoms with Crippen LogP contribution in [0.1, 0.15) is 31.4 Å². The lowest BCUT2D eigenvalue weighted by molar-refractivity contribution is -0.130. The summed E-state index contributed by atoms with van der Waals surface area (Å²) in [5, 5.41) is 0. The fourth-order valence-corrected chi connectivity index (χ4v) is 4.46. The third kappa shape index (κ3) is 7.13. The zero-order valence-electron chi connectivity index (χ0n) is 17.6. The Morgan fingerprint density at radius 1 is 1.20 bits per heavy atom. The summed E-state index contributed by atoms with van der Waals surface area (Å²) in [5.74, 6) is 1.20. The van der Waals surface area contributed by atoms with Crippen molar-refractivity contribution in [2.45, 2.75) is 37.0 Å². The van der Waals surface area contributed by atoms with Crippen LogP contribution < -0.4 is 0 Å². The van der Waals surface area contributed by atoms with E-state index in [0.29, 0.717) is 24.6 Å². The summed E-state index contributed by atoms with van der Waals surface area (Å²) < 4.78 is 0. The maximum atomic E-state index is 12.6. The number of hydrogen-bond donors (Lipinski definition) is 0. The molecule has 3 rings (SSSR count). The van der Waals surface area contributed by atoms with E-state index in [1.807, 2.05) is 42.3 Å². The third-order valence-corrected chi connectivity index (χ3v) is 6.50. The molecule has 0 radical (unpaired) electrons. The predicted octanol–water partition coefficient (Wildman–Crippen LogP) is 3.29. The van der Waals surface area contributed by atoms with Crippen LogP contribution in [0.3, 0.4) is 0 Å². The van der Waals surface area contributed by atoms with Crippen molar-refractivity contribution in [2.24, 2.45) is 5.92 Å². The van der Waals surface area contributed by atoms with Gasteiger partial charge in [0, 0.05) is 68.7 Å². The summed E-state index contributed by atoms with van der Waals surface area (Å²) in [7, 11) is 1.86. The molecule has 0 aromatic carbocycles. The molecule has 3 heterocycles. The highest BCUT2D eigenvalue weighted by Crippen LogP contribution is 2.23. The molecule has 160 valence electrons. The Bertz CT molecular complexity index is 803. The lowest BCUT2D eigenvalue weighted by Crippen LogP contribution is -2.41. The fourth-order valence-electron chi connectivity index (χ4n) is 3.67. The number of thioether (sulfide) groups is 1. The first-order chi connectivity index (χ1) is 14.6. The number of carbonyl (C=O) groups excluding carboxylic acids is 2. The number of aromatic nitrogens is 2. The number of likely N-dealkylation sites (tertiary alicyclic amines) is 1. The fraction of sp³-hybridized carbons (Fsp3) is 0.478. The Hall–Kier alpha value is -2.41. The SMILES string of the molecule is CN(CCc1ccccn1)C(=O)CC[C@@H]1CCCN(C(=O)CSc2ccncc2)C1. The van der Waals surface area contributed by atoms with E-state index in [-0.39, 0.29) is 11.8 Å². The molecule has 0 aliphatic carbocycles. The van der Waals surface area contributed by atoms with Gasteiger partial charge in [0.15, 0.2) is 0 Å². The number of amides is 2. The van der Waals surface area contributed by atoms with E-state index in [1.54, 1.807) is 35.3 Å². The van der Waals surface area contributed by atoms with Crippen LogP contribution in [0.4, 0.5) is 0 Å². The number of hydrogen-bond acceptors (Lipinski definition) is 5. The van der Waals surface area contributed by atoms with E-state index >= 15 is 0 Å². The van der Waals surface area contributed by atoms with Crippen molar-refractivity contribution in [2.75, 3.05) is 32.4 Å². The molecule has 0 spiro atoms. The first-order valence-electron chi connectivity index (χ1n) is 10.6. The highest BCUT2D eigenvalue weighted by Gasteiger charge is 2.24. The Morgan fingerprint density at radius 2 is 2.03 bits per heavy atom. The van der Waals surface area contributed by atoms with Crippen molar-refractivity contribution in [1.29, 1.82) is 0 Å². The number of carbonyl (C=O) groups is 2. The van der Waals surface area contributed by atoms with Crippen LogP contribution in [0.15, 0.2) is 53.8 Å². The molecule has 1 atom stereocenters. The molecule has 2 aromatic heterocycles. The first kappa shape index (κ1) is 22.3. The highest BCUT2D eigenvalue weighted by molar-refractivity contribution is 8.00. The van der Waals surface area contributed by atoms with Gasteiger partial charge in [0.05, 0.1) is 5.75 Å². The van der Waals surface area contributed by atoms with Gasteiger partial charge < -0.3 is 9.80 Å². The quantitative estimate of drug-likeness (QED) is 0.576. The zero-order valence-corrected chi connectivity index (χ0v) is 18.4.